The number of carbonyl (C=O) groups is 1. The van der Waals surface area contributed by atoms with E-state index in [1.165, 1.54) is 6.92 Å². The summed E-state index contributed by atoms with van der Waals surface area (Å²) in [5, 5.41) is 11.8. The van der Waals surface area contributed by atoms with Crippen LogP contribution >= 0.6 is 11.6 Å². The van der Waals surface area contributed by atoms with Gasteiger partial charge in [0.2, 0.25) is 5.91 Å². The average molecular weight is 287 g/mol. The Balaban J connectivity index is 2.28. The zero-order chi connectivity index (χ0) is 14.5. The fraction of sp³-hybridized carbons (Fsp3) is 0.0667. The van der Waals surface area contributed by atoms with Crippen molar-refractivity contribution >= 4 is 23.2 Å². The number of carbonyl (C=O) groups excluding carboxylic acids is 1. The maximum atomic E-state index is 11.1. The van der Waals surface area contributed by atoms with Gasteiger partial charge < -0.3 is 10.1 Å². The van der Waals surface area contributed by atoms with Crippen LogP contribution in [0.25, 0.3) is 0 Å². The second-order valence-corrected chi connectivity index (χ2v) is 4.44. The number of para-hydroxylation sites is 2. The average Bonchev–Trinajstić information content (AvgIpc) is 2.41. The van der Waals surface area contributed by atoms with Gasteiger partial charge >= 0.3 is 0 Å². The lowest BCUT2D eigenvalue weighted by atomic mass is 10.2. The molecule has 0 saturated heterocycles. The van der Waals surface area contributed by atoms with Crippen LogP contribution < -0.4 is 10.1 Å². The number of halogens is 1. The molecule has 0 aliphatic heterocycles. The number of anilines is 1. The molecule has 100 valence electrons. The number of hydrogen-bond donors (Lipinski definition) is 1. The third kappa shape index (κ3) is 3.28. The highest BCUT2D eigenvalue weighted by Gasteiger charge is 2.07. The largest absolute Gasteiger partial charge is 0.455 e. The summed E-state index contributed by atoms with van der Waals surface area (Å²) in [7, 11) is 0. The van der Waals surface area contributed by atoms with Crippen LogP contribution in [0, 0.1) is 11.3 Å². The Labute approximate surface area is 121 Å². The van der Waals surface area contributed by atoms with Gasteiger partial charge in [-0.3, -0.25) is 4.79 Å². The summed E-state index contributed by atoms with van der Waals surface area (Å²) in [6.07, 6.45) is 0. The monoisotopic (exact) mass is 286 g/mol. The molecular weight excluding hydrogens is 276 g/mol. The zero-order valence-corrected chi connectivity index (χ0v) is 11.4. The van der Waals surface area contributed by atoms with E-state index in [-0.39, 0.29) is 5.91 Å². The van der Waals surface area contributed by atoms with E-state index in [1.807, 2.05) is 6.07 Å². The number of nitrogens with one attached hydrogen (secondary N) is 1. The highest BCUT2D eigenvalue weighted by Crippen LogP contribution is 2.31. The quantitative estimate of drug-likeness (QED) is 0.929. The van der Waals surface area contributed by atoms with Crippen molar-refractivity contribution in [2.24, 2.45) is 0 Å². The summed E-state index contributed by atoms with van der Waals surface area (Å²) in [6.45, 7) is 1.43. The first-order valence-electron chi connectivity index (χ1n) is 5.84. The van der Waals surface area contributed by atoms with Crippen molar-refractivity contribution in [3.05, 3.63) is 53.1 Å². The minimum absolute atomic E-state index is 0.182. The van der Waals surface area contributed by atoms with Gasteiger partial charge in [0.25, 0.3) is 0 Å². The first kappa shape index (κ1) is 13.9. The molecular formula is C15H11ClN2O2. The molecule has 1 N–H and O–H groups in total. The SMILES string of the molecule is CC(=O)Nc1ccccc1Oc1ccc(C#N)c(Cl)c1. The van der Waals surface area contributed by atoms with Gasteiger partial charge in [-0.2, -0.15) is 5.26 Å². The molecule has 0 atom stereocenters. The van der Waals surface area contributed by atoms with Gasteiger partial charge in [-0.05, 0) is 24.3 Å². The summed E-state index contributed by atoms with van der Waals surface area (Å²) in [6, 6.07) is 13.8. The molecule has 5 heteroatoms. The Morgan fingerprint density at radius 2 is 2.05 bits per heavy atom. The van der Waals surface area contributed by atoms with E-state index in [4.69, 9.17) is 21.6 Å². The van der Waals surface area contributed by atoms with Crippen LogP contribution in [0.3, 0.4) is 0 Å². The molecule has 0 unspecified atom stereocenters. The molecule has 2 aromatic rings. The molecule has 0 fully saturated rings. The highest BCUT2D eigenvalue weighted by molar-refractivity contribution is 6.31. The van der Waals surface area contributed by atoms with E-state index in [1.54, 1.807) is 42.5 Å². The summed E-state index contributed by atoms with van der Waals surface area (Å²) in [4.78, 5) is 11.1. The van der Waals surface area contributed by atoms with Crippen LogP contribution in [0.15, 0.2) is 42.5 Å². The van der Waals surface area contributed by atoms with Crippen molar-refractivity contribution in [2.75, 3.05) is 5.32 Å². The molecule has 0 aliphatic carbocycles. The normalized spacial score (nSPS) is 9.65. The third-order valence-corrected chi connectivity index (χ3v) is 2.80. The van der Waals surface area contributed by atoms with Gasteiger partial charge in [0.1, 0.15) is 11.8 Å². The number of benzene rings is 2. The lowest BCUT2D eigenvalue weighted by Crippen LogP contribution is -2.06. The van der Waals surface area contributed by atoms with Crippen molar-refractivity contribution in [2.45, 2.75) is 6.92 Å². The summed E-state index contributed by atoms with van der Waals surface area (Å²) >= 11 is 5.95. The van der Waals surface area contributed by atoms with Crippen LogP contribution in [-0.2, 0) is 4.79 Å². The number of nitrogens with zero attached hydrogens (tertiary/aromatic N) is 1. The van der Waals surface area contributed by atoms with Crippen molar-refractivity contribution in [1.29, 1.82) is 5.26 Å². The van der Waals surface area contributed by atoms with E-state index < -0.39 is 0 Å². The number of rotatable bonds is 3. The Kier molecular flexibility index (Phi) is 4.24. The second kappa shape index (κ2) is 6.09. The van der Waals surface area contributed by atoms with E-state index >= 15 is 0 Å². The maximum absolute atomic E-state index is 11.1. The number of amides is 1. The smallest absolute Gasteiger partial charge is 0.221 e. The first-order valence-corrected chi connectivity index (χ1v) is 6.22. The van der Waals surface area contributed by atoms with E-state index in [0.29, 0.717) is 27.8 Å². The lowest BCUT2D eigenvalue weighted by Gasteiger charge is -2.11. The summed E-state index contributed by atoms with van der Waals surface area (Å²) in [5.74, 6) is 0.814. The fourth-order valence-electron chi connectivity index (χ4n) is 1.63. The second-order valence-electron chi connectivity index (χ2n) is 4.03. The predicted molar refractivity (Wildman–Crippen MR) is 77.0 cm³/mol. The molecule has 0 aliphatic rings. The zero-order valence-electron chi connectivity index (χ0n) is 10.7. The molecule has 1 amide bonds. The van der Waals surface area contributed by atoms with Crippen LogP contribution in [0.2, 0.25) is 5.02 Å². The molecule has 20 heavy (non-hydrogen) atoms. The standard InChI is InChI=1S/C15H11ClN2O2/c1-10(19)18-14-4-2-3-5-15(14)20-12-7-6-11(9-17)13(16)8-12/h2-8H,1H3,(H,18,19). The first-order chi connectivity index (χ1) is 9.60. The molecule has 2 rings (SSSR count). The Hall–Kier alpha value is -2.51. The van der Waals surface area contributed by atoms with E-state index in [9.17, 15) is 4.79 Å². The fourth-order valence-corrected chi connectivity index (χ4v) is 1.84. The number of hydrogen-bond acceptors (Lipinski definition) is 3. The molecule has 0 aromatic heterocycles. The van der Waals surface area contributed by atoms with Crippen molar-refractivity contribution in [1.82, 2.24) is 0 Å². The van der Waals surface area contributed by atoms with Gasteiger partial charge in [-0.1, -0.05) is 23.7 Å². The van der Waals surface area contributed by atoms with Crippen molar-refractivity contribution < 1.29 is 9.53 Å². The van der Waals surface area contributed by atoms with Crippen LogP contribution in [-0.4, -0.2) is 5.91 Å². The van der Waals surface area contributed by atoms with Gasteiger partial charge in [0.05, 0.1) is 16.3 Å². The predicted octanol–water partition coefficient (Wildman–Crippen LogP) is 3.96. The van der Waals surface area contributed by atoms with Gasteiger partial charge in [0, 0.05) is 13.0 Å². The summed E-state index contributed by atoms with van der Waals surface area (Å²) < 4.78 is 5.68. The molecule has 0 heterocycles. The van der Waals surface area contributed by atoms with Gasteiger partial charge in [-0.25, -0.2) is 0 Å². The molecule has 2 aromatic carbocycles. The van der Waals surface area contributed by atoms with Gasteiger partial charge in [0.15, 0.2) is 5.75 Å². The van der Waals surface area contributed by atoms with E-state index in [0.717, 1.165) is 0 Å². The van der Waals surface area contributed by atoms with E-state index in [2.05, 4.69) is 5.32 Å². The van der Waals surface area contributed by atoms with Crippen LogP contribution in [0.4, 0.5) is 5.69 Å². The Morgan fingerprint density at radius 3 is 2.70 bits per heavy atom. The van der Waals surface area contributed by atoms with Crippen molar-refractivity contribution in [3.8, 4) is 17.6 Å². The topological polar surface area (TPSA) is 62.1 Å². The van der Waals surface area contributed by atoms with Crippen LogP contribution in [0.1, 0.15) is 12.5 Å². The molecule has 0 spiro atoms. The number of ether oxygens (including phenoxy) is 1. The molecule has 0 radical (unpaired) electrons. The highest BCUT2D eigenvalue weighted by atomic mass is 35.5. The molecule has 0 saturated carbocycles. The minimum atomic E-state index is -0.182. The number of nitriles is 1. The summed E-state index contributed by atoms with van der Waals surface area (Å²) in [5.41, 5.74) is 0.953. The lowest BCUT2D eigenvalue weighted by molar-refractivity contribution is -0.114. The van der Waals surface area contributed by atoms with Gasteiger partial charge in [-0.15, -0.1) is 0 Å². The molecule has 0 bridgehead atoms. The Bertz CT molecular complexity index is 693. The molecule has 4 nitrogen and oxygen atoms in total. The Morgan fingerprint density at radius 1 is 1.30 bits per heavy atom. The van der Waals surface area contributed by atoms with Crippen molar-refractivity contribution in [3.63, 3.8) is 0 Å². The maximum Gasteiger partial charge on any atom is 0.221 e. The van der Waals surface area contributed by atoms with Crippen LogP contribution in [0.5, 0.6) is 11.5 Å². The minimum Gasteiger partial charge on any atom is -0.455 e. The third-order valence-electron chi connectivity index (χ3n) is 2.49.